The van der Waals surface area contributed by atoms with Gasteiger partial charge in [0.25, 0.3) is 0 Å². The largest absolute Gasteiger partial charge is 0.467 e. The van der Waals surface area contributed by atoms with E-state index in [1.807, 2.05) is 24.3 Å². The molecular weight excluding hydrogens is 288 g/mol. The summed E-state index contributed by atoms with van der Waals surface area (Å²) in [6.07, 6.45) is 4.11. The van der Waals surface area contributed by atoms with E-state index in [4.69, 9.17) is 4.42 Å². The number of hydrogen-bond acceptors (Lipinski definition) is 4. The predicted octanol–water partition coefficient (Wildman–Crippen LogP) is 4.28. The molecule has 0 saturated carbocycles. The first-order chi connectivity index (χ1) is 11.3. The molecule has 1 aromatic carbocycles. The number of allylic oxidation sites excluding steroid dienone is 1. The van der Waals surface area contributed by atoms with E-state index in [2.05, 4.69) is 29.3 Å². The number of carbonyl (C=O) groups excluding carboxylic acids is 1. The molecule has 1 aliphatic carbocycles. The van der Waals surface area contributed by atoms with Crippen molar-refractivity contribution in [3.8, 4) is 0 Å². The Morgan fingerprint density at radius 1 is 1.22 bits per heavy atom. The number of nitrogens with zero attached hydrogens (tertiary/aromatic N) is 1. The van der Waals surface area contributed by atoms with Crippen LogP contribution in [0, 0.1) is 0 Å². The highest BCUT2D eigenvalue weighted by Gasteiger charge is 2.37. The molecule has 1 atom stereocenters. The highest BCUT2D eigenvalue weighted by molar-refractivity contribution is 6.00. The van der Waals surface area contributed by atoms with Gasteiger partial charge in [-0.3, -0.25) is 4.79 Å². The van der Waals surface area contributed by atoms with Crippen LogP contribution in [0.15, 0.2) is 58.3 Å². The van der Waals surface area contributed by atoms with E-state index in [0.717, 1.165) is 47.8 Å². The molecule has 2 aromatic rings. The minimum atomic E-state index is -0.158. The smallest absolute Gasteiger partial charge is 0.163 e. The molecule has 0 unspecified atom stereocenters. The molecule has 4 nitrogen and oxygen atoms in total. The number of para-hydroxylation sites is 2. The summed E-state index contributed by atoms with van der Waals surface area (Å²) in [6.45, 7) is 2.92. The molecule has 118 valence electrons. The number of furan rings is 1. The van der Waals surface area contributed by atoms with Crippen molar-refractivity contribution in [2.24, 2.45) is 0 Å². The number of anilines is 2. The Hall–Kier alpha value is -2.49. The van der Waals surface area contributed by atoms with Crippen molar-refractivity contribution in [3.05, 3.63) is 59.7 Å². The third kappa shape index (κ3) is 2.25. The molecule has 23 heavy (non-hydrogen) atoms. The first kappa shape index (κ1) is 14.1. The molecule has 4 heteroatoms. The fraction of sp³-hybridized carbons (Fsp3) is 0.316. The molecule has 0 amide bonds. The van der Waals surface area contributed by atoms with E-state index in [1.54, 1.807) is 6.26 Å². The van der Waals surface area contributed by atoms with Crippen LogP contribution in [0.4, 0.5) is 11.4 Å². The first-order valence-electron chi connectivity index (χ1n) is 8.22. The summed E-state index contributed by atoms with van der Waals surface area (Å²) in [4.78, 5) is 15.0. The molecular formula is C19H20N2O2. The van der Waals surface area contributed by atoms with Gasteiger partial charge in [-0.15, -0.1) is 0 Å². The van der Waals surface area contributed by atoms with Crippen LogP contribution >= 0.6 is 0 Å². The highest BCUT2D eigenvalue weighted by atomic mass is 16.3. The molecule has 0 saturated heterocycles. The number of nitrogens with one attached hydrogen (secondary N) is 1. The second-order valence-electron chi connectivity index (χ2n) is 6.02. The van der Waals surface area contributed by atoms with Gasteiger partial charge in [0.05, 0.1) is 17.6 Å². The standard InChI is InChI=1S/C19H20N2O2/c1-2-21-15-9-4-3-7-13(15)20-14-8-5-10-16(22)18(14)19(21)17-11-6-12-23-17/h3-4,6-7,9,11-12,19-20H,2,5,8,10H2,1H3/t19-/m1/s1. The molecule has 1 aliphatic heterocycles. The van der Waals surface area contributed by atoms with Crippen molar-refractivity contribution >= 4 is 17.2 Å². The quantitative estimate of drug-likeness (QED) is 0.899. The number of benzene rings is 1. The number of likely N-dealkylation sites (N-methyl/N-ethyl adjacent to an activating group) is 1. The van der Waals surface area contributed by atoms with Gasteiger partial charge in [0.15, 0.2) is 5.78 Å². The van der Waals surface area contributed by atoms with Crippen molar-refractivity contribution in [1.82, 2.24) is 0 Å². The van der Waals surface area contributed by atoms with Crippen LogP contribution in [0.2, 0.25) is 0 Å². The van der Waals surface area contributed by atoms with Gasteiger partial charge in [0, 0.05) is 24.2 Å². The van der Waals surface area contributed by atoms with Crippen molar-refractivity contribution in [2.75, 3.05) is 16.8 Å². The number of Topliss-reactive ketones (excluding diaryl/α,β-unsaturated/α-hetero) is 1. The summed E-state index contributed by atoms with van der Waals surface area (Å²) < 4.78 is 5.72. The molecule has 2 aliphatic rings. The van der Waals surface area contributed by atoms with Crippen LogP contribution < -0.4 is 10.2 Å². The van der Waals surface area contributed by atoms with Gasteiger partial charge in [0.1, 0.15) is 11.8 Å². The average molecular weight is 308 g/mol. The lowest BCUT2D eigenvalue weighted by Gasteiger charge is -2.32. The van der Waals surface area contributed by atoms with E-state index >= 15 is 0 Å². The molecule has 2 heterocycles. The molecule has 0 fully saturated rings. The van der Waals surface area contributed by atoms with Crippen molar-refractivity contribution in [2.45, 2.75) is 32.2 Å². The van der Waals surface area contributed by atoms with Crippen LogP contribution in [0.25, 0.3) is 0 Å². The normalized spacial score (nSPS) is 20.7. The molecule has 4 rings (SSSR count). The topological polar surface area (TPSA) is 45.5 Å². The second kappa shape index (κ2) is 5.61. The molecule has 0 bridgehead atoms. The number of hydrogen-bond donors (Lipinski definition) is 1. The van der Waals surface area contributed by atoms with E-state index in [0.29, 0.717) is 6.42 Å². The Balaban J connectivity index is 1.96. The van der Waals surface area contributed by atoms with E-state index in [-0.39, 0.29) is 11.8 Å². The molecule has 1 aromatic heterocycles. The summed E-state index contributed by atoms with van der Waals surface area (Å²) >= 11 is 0. The maximum atomic E-state index is 12.7. The lowest BCUT2D eigenvalue weighted by molar-refractivity contribution is -0.116. The first-order valence-corrected chi connectivity index (χ1v) is 8.22. The zero-order valence-electron chi connectivity index (χ0n) is 13.2. The van der Waals surface area contributed by atoms with Gasteiger partial charge < -0.3 is 14.6 Å². The van der Waals surface area contributed by atoms with Crippen molar-refractivity contribution in [3.63, 3.8) is 0 Å². The zero-order valence-corrected chi connectivity index (χ0v) is 13.2. The minimum absolute atomic E-state index is 0.158. The zero-order chi connectivity index (χ0) is 15.8. The monoisotopic (exact) mass is 308 g/mol. The number of fused-ring (bicyclic) bond motifs is 1. The maximum absolute atomic E-state index is 12.7. The summed E-state index contributed by atoms with van der Waals surface area (Å²) in [6, 6.07) is 11.9. The predicted molar refractivity (Wildman–Crippen MR) is 90.4 cm³/mol. The fourth-order valence-corrected chi connectivity index (χ4v) is 3.69. The van der Waals surface area contributed by atoms with Gasteiger partial charge >= 0.3 is 0 Å². The van der Waals surface area contributed by atoms with Crippen molar-refractivity contribution < 1.29 is 9.21 Å². The lowest BCUT2D eigenvalue weighted by Crippen LogP contribution is -2.32. The minimum Gasteiger partial charge on any atom is -0.467 e. The Kier molecular flexibility index (Phi) is 3.45. The van der Waals surface area contributed by atoms with Crippen LogP contribution in [-0.2, 0) is 4.79 Å². The Labute approximate surface area is 135 Å². The highest BCUT2D eigenvalue weighted by Crippen LogP contribution is 2.44. The Morgan fingerprint density at radius 3 is 2.87 bits per heavy atom. The second-order valence-corrected chi connectivity index (χ2v) is 6.02. The van der Waals surface area contributed by atoms with Crippen LogP contribution in [0.1, 0.15) is 38.0 Å². The maximum Gasteiger partial charge on any atom is 0.163 e. The van der Waals surface area contributed by atoms with Gasteiger partial charge in [-0.1, -0.05) is 12.1 Å². The summed E-state index contributed by atoms with van der Waals surface area (Å²) in [5.41, 5.74) is 4.08. The van der Waals surface area contributed by atoms with Gasteiger partial charge in [-0.05, 0) is 44.0 Å². The summed E-state index contributed by atoms with van der Waals surface area (Å²) in [5.74, 6) is 1.06. The summed E-state index contributed by atoms with van der Waals surface area (Å²) in [5, 5.41) is 3.52. The number of ketones is 1. The lowest BCUT2D eigenvalue weighted by atomic mass is 9.88. The average Bonchev–Trinajstić information content (AvgIpc) is 3.04. The van der Waals surface area contributed by atoms with Gasteiger partial charge in [0.2, 0.25) is 0 Å². The molecule has 0 spiro atoms. The van der Waals surface area contributed by atoms with Gasteiger partial charge in [-0.25, -0.2) is 0 Å². The van der Waals surface area contributed by atoms with E-state index < -0.39 is 0 Å². The molecule has 0 radical (unpaired) electrons. The fourth-order valence-electron chi connectivity index (χ4n) is 3.69. The third-order valence-electron chi connectivity index (χ3n) is 4.69. The van der Waals surface area contributed by atoms with Crippen LogP contribution in [0.5, 0.6) is 0 Å². The Morgan fingerprint density at radius 2 is 2.09 bits per heavy atom. The molecule has 1 N–H and O–H groups in total. The van der Waals surface area contributed by atoms with Crippen LogP contribution in [-0.4, -0.2) is 12.3 Å². The van der Waals surface area contributed by atoms with Gasteiger partial charge in [-0.2, -0.15) is 0 Å². The van der Waals surface area contributed by atoms with Crippen molar-refractivity contribution in [1.29, 1.82) is 0 Å². The number of carbonyl (C=O) groups is 1. The van der Waals surface area contributed by atoms with E-state index in [1.165, 1.54) is 0 Å². The third-order valence-corrected chi connectivity index (χ3v) is 4.69. The summed E-state index contributed by atoms with van der Waals surface area (Å²) in [7, 11) is 0. The SMILES string of the molecule is CCN1c2ccccc2NC2=C(C(=O)CCC2)[C@H]1c1ccco1. The van der Waals surface area contributed by atoms with E-state index in [9.17, 15) is 4.79 Å². The number of rotatable bonds is 2. The van der Waals surface area contributed by atoms with Crippen LogP contribution in [0.3, 0.4) is 0 Å². The Bertz CT molecular complexity index is 761.